The third-order valence-corrected chi connectivity index (χ3v) is 2.76. The Morgan fingerprint density at radius 3 is 2.83 bits per heavy atom. The van der Waals surface area contributed by atoms with Gasteiger partial charge in [0, 0.05) is 25.5 Å². The Morgan fingerprint density at radius 2 is 2.22 bits per heavy atom. The van der Waals surface area contributed by atoms with Crippen molar-refractivity contribution in [3.8, 4) is 6.07 Å². The predicted octanol–water partition coefficient (Wildman–Crippen LogP) is 3.13. The molecule has 0 fully saturated rings. The van der Waals surface area contributed by atoms with Crippen LogP contribution in [0.1, 0.15) is 18.1 Å². The highest BCUT2D eigenvalue weighted by atomic mass is 19.1. The summed E-state index contributed by atoms with van der Waals surface area (Å²) in [7, 11) is 0. The molecule has 2 rings (SSSR count). The van der Waals surface area contributed by atoms with Crippen molar-refractivity contribution in [1.82, 2.24) is 4.57 Å². The van der Waals surface area contributed by atoms with Gasteiger partial charge in [-0.3, -0.25) is 0 Å². The number of halogens is 1. The lowest BCUT2D eigenvalue weighted by molar-refractivity contribution is 0.629. The first-order valence-electron chi connectivity index (χ1n) is 5.81. The van der Waals surface area contributed by atoms with Crippen molar-refractivity contribution in [2.45, 2.75) is 20.0 Å². The lowest BCUT2D eigenvalue weighted by Crippen LogP contribution is -2.01. The van der Waals surface area contributed by atoms with Crippen molar-refractivity contribution in [3.05, 3.63) is 53.6 Å². The molecule has 1 aromatic heterocycles. The molecular formula is C14H14FN3. The van der Waals surface area contributed by atoms with Gasteiger partial charge in [0.1, 0.15) is 5.82 Å². The largest absolute Gasteiger partial charge is 0.379 e. The molecule has 0 saturated heterocycles. The van der Waals surface area contributed by atoms with E-state index in [0.29, 0.717) is 17.8 Å². The standard InChI is InChI=1S/C14H14FN3/c1-2-18-6-5-12(10-18)9-17-14-4-3-11(8-16)7-13(14)15/h3-7,10,17H,2,9H2,1H3. The van der Waals surface area contributed by atoms with Crippen molar-refractivity contribution in [2.75, 3.05) is 5.32 Å². The minimum Gasteiger partial charge on any atom is -0.379 e. The van der Waals surface area contributed by atoms with E-state index in [2.05, 4.69) is 16.8 Å². The second kappa shape index (κ2) is 5.37. The van der Waals surface area contributed by atoms with Gasteiger partial charge in [-0.15, -0.1) is 0 Å². The Bertz CT molecular complexity index is 581. The van der Waals surface area contributed by atoms with E-state index in [9.17, 15) is 4.39 Å². The normalized spacial score (nSPS) is 10.1. The summed E-state index contributed by atoms with van der Waals surface area (Å²) in [6.07, 6.45) is 4.01. The number of hydrogen-bond donors (Lipinski definition) is 1. The second-order valence-corrected chi connectivity index (χ2v) is 4.01. The van der Waals surface area contributed by atoms with E-state index < -0.39 is 5.82 Å². The number of aromatic nitrogens is 1. The number of benzene rings is 1. The van der Waals surface area contributed by atoms with Crippen LogP contribution in [0.4, 0.5) is 10.1 Å². The van der Waals surface area contributed by atoms with E-state index in [1.807, 2.05) is 24.5 Å². The molecule has 18 heavy (non-hydrogen) atoms. The van der Waals surface area contributed by atoms with Crippen molar-refractivity contribution in [2.24, 2.45) is 0 Å². The number of rotatable bonds is 4. The summed E-state index contributed by atoms with van der Waals surface area (Å²) in [5.41, 5.74) is 1.84. The van der Waals surface area contributed by atoms with Gasteiger partial charge in [0.2, 0.25) is 0 Å². The summed E-state index contributed by atoms with van der Waals surface area (Å²) in [6.45, 7) is 3.55. The molecule has 1 heterocycles. The summed E-state index contributed by atoms with van der Waals surface area (Å²) in [5, 5.41) is 11.7. The SMILES string of the molecule is CCn1ccc(CNc2ccc(C#N)cc2F)c1. The van der Waals surface area contributed by atoms with Gasteiger partial charge in [-0.05, 0) is 36.8 Å². The van der Waals surface area contributed by atoms with Gasteiger partial charge in [0.25, 0.3) is 0 Å². The van der Waals surface area contributed by atoms with E-state index in [1.165, 1.54) is 6.07 Å². The predicted molar refractivity (Wildman–Crippen MR) is 68.5 cm³/mol. The van der Waals surface area contributed by atoms with Crippen LogP contribution in [0.2, 0.25) is 0 Å². The summed E-state index contributed by atoms with van der Waals surface area (Å²) in [6, 6.07) is 8.33. The monoisotopic (exact) mass is 243 g/mol. The third kappa shape index (κ3) is 2.69. The van der Waals surface area contributed by atoms with Gasteiger partial charge in [0.15, 0.2) is 0 Å². The van der Waals surface area contributed by atoms with Crippen LogP contribution in [0, 0.1) is 17.1 Å². The van der Waals surface area contributed by atoms with Gasteiger partial charge < -0.3 is 9.88 Å². The minimum absolute atomic E-state index is 0.329. The minimum atomic E-state index is -0.399. The molecule has 3 nitrogen and oxygen atoms in total. The maximum absolute atomic E-state index is 13.6. The first kappa shape index (κ1) is 12.2. The molecule has 0 aliphatic heterocycles. The quantitative estimate of drug-likeness (QED) is 0.896. The zero-order valence-electron chi connectivity index (χ0n) is 10.2. The molecule has 0 amide bonds. The molecule has 1 N–H and O–H groups in total. The van der Waals surface area contributed by atoms with Gasteiger partial charge in [-0.2, -0.15) is 5.26 Å². The van der Waals surface area contributed by atoms with Crippen molar-refractivity contribution in [1.29, 1.82) is 5.26 Å². The average Bonchev–Trinajstić information content (AvgIpc) is 2.85. The molecule has 1 aromatic carbocycles. The molecule has 0 aliphatic rings. The molecule has 0 atom stereocenters. The lowest BCUT2D eigenvalue weighted by Gasteiger charge is -2.06. The van der Waals surface area contributed by atoms with E-state index >= 15 is 0 Å². The van der Waals surface area contributed by atoms with E-state index in [0.717, 1.165) is 12.1 Å². The van der Waals surface area contributed by atoms with Crippen LogP contribution in [0.15, 0.2) is 36.7 Å². The zero-order valence-corrected chi connectivity index (χ0v) is 10.2. The lowest BCUT2D eigenvalue weighted by atomic mass is 10.2. The van der Waals surface area contributed by atoms with Crippen LogP contribution in [-0.4, -0.2) is 4.57 Å². The van der Waals surface area contributed by atoms with Crippen LogP contribution in [0.3, 0.4) is 0 Å². The first-order valence-corrected chi connectivity index (χ1v) is 5.81. The topological polar surface area (TPSA) is 40.8 Å². The van der Waals surface area contributed by atoms with Crippen LogP contribution in [0.25, 0.3) is 0 Å². The molecular weight excluding hydrogens is 229 g/mol. The highest BCUT2D eigenvalue weighted by molar-refractivity contribution is 5.49. The fraction of sp³-hybridized carbons (Fsp3) is 0.214. The fourth-order valence-electron chi connectivity index (χ4n) is 1.72. The van der Waals surface area contributed by atoms with Gasteiger partial charge in [0.05, 0.1) is 17.3 Å². The number of nitrogens with zero attached hydrogens (tertiary/aromatic N) is 2. The Labute approximate surface area is 105 Å². The van der Waals surface area contributed by atoms with Gasteiger partial charge in [-0.25, -0.2) is 4.39 Å². The van der Waals surface area contributed by atoms with Gasteiger partial charge in [-0.1, -0.05) is 0 Å². The van der Waals surface area contributed by atoms with Crippen LogP contribution >= 0.6 is 0 Å². The highest BCUT2D eigenvalue weighted by Gasteiger charge is 2.03. The molecule has 0 aliphatic carbocycles. The third-order valence-electron chi connectivity index (χ3n) is 2.76. The summed E-state index contributed by atoms with van der Waals surface area (Å²) in [4.78, 5) is 0. The maximum atomic E-state index is 13.6. The first-order chi connectivity index (χ1) is 8.72. The Kier molecular flexibility index (Phi) is 3.63. The number of hydrogen-bond acceptors (Lipinski definition) is 2. The molecule has 0 saturated carbocycles. The molecule has 92 valence electrons. The number of aryl methyl sites for hydroxylation is 1. The molecule has 0 radical (unpaired) electrons. The van der Waals surface area contributed by atoms with E-state index in [-0.39, 0.29) is 0 Å². The van der Waals surface area contributed by atoms with Crippen LogP contribution < -0.4 is 5.32 Å². The molecule has 4 heteroatoms. The molecule has 0 spiro atoms. The molecule has 2 aromatic rings. The fourth-order valence-corrected chi connectivity index (χ4v) is 1.72. The highest BCUT2D eigenvalue weighted by Crippen LogP contribution is 2.16. The van der Waals surface area contributed by atoms with Crippen LogP contribution in [0.5, 0.6) is 0 Å². The maximum Gasteiger partial charge on any atom is 0.147 e. The van der Waals surface area contributed by atoms with Gasteiger partial charge >= 0.3 is 0 Å². The van der Waals surface area contributed by atoms with Crippen molar-refractivity contribution in [3.63, 3.8) is 0 Å². The van der Waals surface area contributed by atoms with E-state index in [4.69, 9.17) is 5.26 Å². The second-order valence-electron chi connectivity index (χ2n) is 4.01. The van der Waals surface area contributed by atoms with E-state index in [1.54, 1.807) is 12.1 Å². The van der Waals surface area contributed by atoms with Crippen molar-refractivity contribution < 1.29 is 4.39 Å². The zero-order chi connectivity index (χ0) is 13.0. The number of nitrogens with one attached hydrogen (secondary N) is 1. The smallest absolute Gasteiger partial charge is 0.147 e. The average molecular weight is 243 g/mol. The Balaban J connectivity index is 2.04. The van der Waals surface area contributed by atoms with Crippen molar-refractivity contribution >= 4 is 5.69 Å². The molecule has 0 bridgehead atoms. The Morgan fingerprint density at radius 1 is 1.39 bits per heavy atom. The summed E-state index contributed by atoms with van der Waals surface area (Å²) in [5.74, 6) is -0.399. The number of anilines is 1. The summed E-state index contributed by atoms with van der Waals surface area (Å²) >= 11 is 0. The van der Waals surface area contributed by atoms with Crippen LogP contribution in [-0.2, 0) is 13.1 Å². The Hall–Kier alpha value is -2.28. The summed E-state index contributed by atoms with van der Waals surface area (Å²) < 4.78 is 15.7. The number of nitriles is 1. The molecule has 0 unspecified atom stereocenters.